The van der Waals surface area contributed by atoms with Gasteiger partial charge in [0, 0.05) is 74.3 Å². The molecule has 14 unspecified atom stereocenters. The number of methoxy groups -OCH3 is 2. The number of Topliss-reactive ketones (excluding diaryl/α,β-unsaturated/α-hetero) is 2. The van der Waals surface area contributed by atoms with E-state index in [0.717, 1.165) is 22.2 Å². The number of carbonyl (C=O) groups is 4. The van der Waals surface area contributed by atoms with Crippen LogP contribution < -0.4 is 5.32 Å². The van der Waals surface area contributed by atoms with Crippen molar-refractivity contribution in [2.24, 2.45) is 29.6 Å². The number of hydrogen-bond donors (Lipinski definition) is 5. The van der Waals surface area contributed by atoms with Crippen molar-refractivity contribution in [1.82, 2.24) is 9.47 Å². The summed E-state index contributed by atoms with van der Waals surface area (Å²) >= 11 is 0. The quantitative estimate of drug-likeness (QED) is 0.105. The predicted octanol–water partition coefficient (Wildman–Crippen LogP) is 6.05. The first-order valence-electron chi connectivity index (χ1n) is 24.8. The van der Waals surface area contributed by atoms with Crippen molar-refractivity contribution in [1.29, 1.82) is 0 Å². The van der Waals surface area contributed by atoms with Gasteiger partial charge in [0.2, 0.25) is 5.79 Å². The summed E-state index contributed by atoms with van der Waals surface area (Å²) < 4.78 is 26.4. The van der Waals surface area contributed by atoms with Crippen LogP contribution in [-0.4, -0.2) is 135 Å². The van der Waals surface area contributed by atoms with Gasteiger partial charge < -0.3 is 54.2 Å². The number of piperidine rings is 1. The third-order valence-corrected chi connectivity index (χ3v) is 15.1. The average Bonchev–Trinajstić information content (AvgIpc) is 3.71. The smallest absolute Gasteiger partial charge is 0.329 e. The SMILES string of the molecule is C=CCC1/C=C(\C)CC(C)CC(OC)C2OC(O)(C(=O)C(=O)N3CCCCC3C(=O)OC(C(C)=CC3CCC(Nc4ccc5c(ccn5CCO)c4)C(O)C3)C(C)C(O)CC1=O)C(C)CC2OC. The molecular formula is C53H77N3O12. The normalized spacial score (nSPS) is 36.3. The minimum Gasteiger partial charge on any atom is -0.456 e. The van der Waals surface area contributed by atoms with Gasteiger partial charge >= 0.3 is 5.97 Å². The molecule has 3 aliphatic heterocycles. The molecule has 68 heavy (non-hydrogen) atoms. The number of esters is 1. The molecule has 1 aliphatic carbocycles. The van der Waals surface area contributed by atoms with Gasteiger partial charge in [-0.05, 0) is 120 Å². The molecule has 4 aliphatic rings. The number of aliphatic hydroxyl groups is 4. The number of cyclic esters (lactones) is 1. The molecule has 14 atom stereocenters. The molecule has 1 amide bonds. The molecule has 15 heteroatoms. The van der Waals surface area contributed by atoms with Crippen LogP contribution in [-0.2, 0) is 44.7 Å². The van der Waals surface area contributed by atoms with Gasteiger partial charge in [-0.15, -0.1) is 6.58 Å². The molecule has 2 bridgehead atoms. The maximum absolute atomic E-state index is 14.5. The lowest BCUT2D eigenvalue weighted by molar-refractivity contribution is -0.302. The number of benzene rings is 1. The van der Waals surface area contributed by atoms with E-state index >= 15 is 0 Å². The Balaban J connectivity index is 1.29. The van der Waals surface area contributed by atoms with Crippen LogP contribution in [0.2, 0.25) is 0 Å². The highest BCUT2D eigenvalue weighted by atomic mass is 16.7. The van der Waals surface area contributed by atoms with Gasteiger partial charge in [0.1, 0.15) is 24.0 Å². The van der Waals surface area contributed by atoms with E-state index in [0.29, 0.717) is 63.5 Å². The van der Waals surface area contributed by atoms with Crippen LogP contribution in [0, 0.1) is 29.6 Å². The van der Waals surface area contributed by atoms with E-state index in [-0.39, 0.29) is 56.1 Å². The number of fused-ring (bicyclic) bond motifs is 4. The number of carbonyl (C=O) groups excluding carboxylic acids is 4. The summed E-state index contributed by atoms with van der Waals surface area (Å²) in [6.45, 7) is 13.7. The van der Waals surface area contributed by atoms with E-state index in [9.17, 15) is 39.6 Å². The van der Waals surface area contributed by atoms with Crippen LogP contribution in [0.1, 0.15) is 105 Å². The van der Waals surface area contributed by atoms with Gasteiger partial charge in [-0.2, -0.15) is 0 Å². The van der Waals surface area contributed by atoms with E-state index < -0.39 is 83.9 Å². The molecule has 15 nitrogen and oxygen atoms in total. The molecule has 1 aromatic carbocycles. The van der Waals surface area contributed by atoms with Gasteiger partial charge in [0.15, 0.2) is 0 Å². The van der Waals surface area contributed by atoms with E-state index in [4.69, 9.17) is 18.9 Å². The van der Waals surface area contributed by atoms with Crippen LogP contribution in [0.3, 0.4) is 0 Å². The summed E-state index contributed by atoms with van der Waals surface area (Å²) in [7, 11) is 3.05. The number of anilines is 1. The fourth-order valence-electron chi connectivity index (χ4n) is 11.2. The Hall–Kier alpha value is -4.22. The van der Waals surface area contributed by atoms with Crippen molar-refractivity contribution in [3.8, 4) is 0 Å². The number of ether oxygens (including phenoxy) is 4. The summed E-state index contributed by atoms with van der Waals surface area (Å²) in [6.07, 6.45) is 6.88. The lowest BCUT2D eigenvalue weighted by Crippen LogP contribution is -2.64. The number of hydrogen-bond acceptors (Lipinski definition) is 13. The average molecular weight is 948 g/mol. The van der Waals surface area contributed by atoms with Crippen LogP contribution in [0.4, 0.5) is 5.69 Å². The number of aromatic nitrogens is 1. The Morgan fingerprint density at radius 3 is 2.40 bits per heavy atom. The van der Waals surface area contributed by atoms with Crippen LogP contribution in [0.25, 0.3) is 10.9 Å². The van der Waals surface area contributed by atoms with Crippen molar-refractivity contribution >= 4 is 40.0 Å². The largest absolute Gasteiger partial charge is 0.456 e. The highest BCUT2D eigenvalue weighted by molar-refractivity contribution is 6.39. The molecule has 1 saturated carbocycles. The van der Waals surface area contributed by atoms with Crippen LogP contribution >= 0.6 is 0 Å². The number of ketones is 2. The summed E-state index contributed by atoms with van der Waals surface area (Å²) in [5.74, 6) is -8.02. The molecule has 2 saturated heterocycles. The third-order valence-electron chi connectivity index (χ3n) is 15.1. The van der Waals surface area contributed by atoms with Crippen LogP contribution in [0.5, 0.6) is 0 Å². The number of aliphatic hydroxyl groups excluding tert-OH is 3. The Morgan fingerprint density at radius 2 is 1.71 bits per heavy atom. The first kappa shape index (κ1) is 53.1. The second-order valence-electron chi connectivity index (χ2n) is 20.3. The maximum atomic E-state index is 14.5. The van der Waals surface area contributed by atoms with Crippen molar-refractivity contribution in [2.75, 3.05) is 32.7 Å². The zero-order valence-corrected chi connectivity index (χ0v) is 41.2. The summed E-state index contributed by atoms with van der Waals surface area (Å²) in [4.78, 5) is 58.5. The molecule has 1 aromatic heterocycles. The Bertz CT molecular complexity index is 2150. The highest BCUT2D eigenvalue weighted by Crippen LogP contribution is 2.39. The molecule has 0 radical (unpaired) electrons. The molecule has 5 N–H and O–H groups in total. The van der Waals surface area contributed by atoms with Crippen molar-refractivity contribution < 1.29 is 58.6 Å². The Kier molecular flexibility index (Phi) is 18.4. The summed E-state index contributed by atoms with van der Waals surface area (Å²) in [5.41, 5.74) is 3.46. The molecule has 6 rings (SSSR count). The Morgan fingerprint density at radius 1 is 0.971 bits per heavy atom. The first-order valence-corrected chi connectivity index (χ1v) is 24.8. The summed E-state index contributed by atoms with van der Waals surface area (Å²) in [5, 5.41) is 49.5. The van der Waals surface area contributed by atoms with E-state index in [1.165, 1.54) is 19.1 Å². The monoisotopic (exact) mass is 948 g/mol. The zero-order chi connectivity index (χ0) is 49.4. The zero-order valence-electron chi connectivity index (χ0n) is 41.2. The fourth-order valence-corrected chi connectivity index (χ4v) is 11.2. The molecule has 4 heterocycles. The second-order valence-corrected chi connectivity index (χ2v) is 20.3. The number of nitrogens with zero attached hydrogens (tertiary/aromatic N) is 2. The van der Waals surface area contributed by atoms with E-state index in [1.54, 1.807) is 19.9 Å². The van der Waals surface area contributed by atoms with Gasteiger partial charge in [-0.25, -0.2) is 4.79 Å². The van der Waals surface area contributed by atoms with Gasteiger partial charge in [0.05, 0.1) is 37.1 Å². The maximum Gasteiger partial charge on any atom is 0.329 e. The third kappa shape index (κ3) is 12.2. The van der Waals surface area contributed by atoms with Crippen molar-refractivity contribution in [3.05, 3.63) is 66.4 Å². The lowest BCUT2D eigenvalue weighted by Gasteiger charge is -2.47. The van der Waals surface area contributed by atoms with Crippen molar-refractivity contribution in [2.45, 2.75) is 166 Å². The fraction of sp³-hybridized carbons (Fsp3) is 0.660. The highest BCUT2D eigenvalue weighted by Gasteiger charge is 2.56. The standard InChI is InChI=1S/C53H77N3O12/c1-9-12-38-24-31(2)23-32(3)25-46(65-7)49-47(66-8)27-34(5)53(64,68-49)50(61)51(62)56-19-11-10-13-42(56)52(63)67-48(35(6)43(58)30-44(38)59)33(4)26-36-14-16-40(45(60)28-36)54-39-15-17-41-37(29-39)18-20-55(41)21-22-57/h9,15,17-18,20,24,26,29,32,34-36,38,40,42-43,45-49,54,57-58,60,64H,1,10-14,16,19,21-23,25,27-28,30H2,2-8H3/b31-24+,33-26?. The van der Waals surface area contributed by atoms with Gasteiger partial charge in [0.25, 0.3) is 11.7 Å². The molecule has 3 fully saturated rings. The predicted molar refractivity (Wildman–Crippen MR) is 258 cm³/mol. The molecule has 2 aromatic rings. The first-order chi connectivity index (χ1) is 32.4. The van der Waals surface area contributed by atoms with E-state index in [2.05, 4.69) is 11.9 Å². The minimum atomic E-state index is -2.53. The number of amides is 1. The Labute approximate surface area is 401 Å². The molecule has 0 spiro atoms. The van der Waals surface area contributed by atoms with Gasteiger partial charge in [-0.3, -0.25) is 14.4 Å². The van der Waals surface area contributed by atoms with Crippen LogP contribution in [0.15, 0.2) is 66.4 Å². The van der Waals surface area contributed by atoms with E-state index in [1.807, 2.05) is 68.0 Å². The number of nitrogens with one attached hydrogen (secondary N) is 1. The number of rotatable bonds is 10. The van der Waals surface area contributed by atoms with Gasteiger partial charge in [-0.1, -0.05) is 44.6 Å². The molecule has 376 valence electrons. The number of allylic oxidation sites excluding steroid dienone is 4. The lowest BCUT2D eigenvalue weighted by atomic mass is 9.81. The topological polar surface area (TPSA) is 206 Å². The second kappa shape index (κ2) is 23.6. The minimum absolute atomic E-state index is 0.00578. The van der Waals surface area contributed by atoms with Crippen molar-refractivity contribution in [3.63, 3.8) is 0 Å². The molecular weight excluding hydrogens is 871 g/mol. The summed E-state index contributed by atoms with van der Waals surface area (Å²) in [6, 6.07) is 6.61.